The highest BCUT2D eigenvalue weighted by Crippen LogP contribution is 2.35. The van der Waals surface area contributed by atoms with Crippen molar-refractivity contribution in [1.29, 1.82) is 0 Å². The van der Waals surface area contributed by atoms with Crippen molar-refractivity contribution < 1.29 is 9.53 Å². The quantitative estimate of drug-likeness (QED) is 0.858. The van der Waals surface area contributed by atoms with Gasteiger partial charge in [-0.05, 0) is 31.1 Å². The number of hydrogen-bond acceptors (Lipinski definition) is 3. The van der Waals surface area contributed by atoms with Crippen molar-refractivity contribution in [2.45, 2.75) is 70.6 Å². The van der Waals surface area contributed by atoms with E-state index in [-0.39, 0.29) is 12.2 Å². The minimum atomic E-state index is 0.0196. The Hall–Kier alpha value is -0.610. The Labute approximate surface area is 122 Å². The van der Waals surface area contributed by atoms with Gasteiger partial charge < -0.3 is 9.64 Å². The Morgan fingerprint density at radius 1 is 1.35 bits per heavy atom. The first-order valence-electron chi connectivity index (χ1n) is 8.38. The highest BCUT2D eigenvalue weighted by Gasteiger charge is 2.47. The zero-order valence-corrected chi connectivity index (χ0v) is 12.8. The molecule has 0 radical (unpaired) electrons. The first-order valence-corrected chi connectivity index (χ1v) is 8.38. The maximum Gasteiger partial charge on any atom is 0.241 e. The number of amides is 1. The van der Waals surface area contributed by atoms with Crippen molar-refractivity contribution in [3.63, 3.8) is 0 Å². The van der Waals surface area contributed by atoms with Gasteiger partial charge >= 0.3 is 0 Å². The van der Waals surface area contributed by atoms with Gasteiger partial charge in [0.15, 0.2) is 0 Å². The Morgan fingerprint density at radius 2 is 2.10 bits per heavy atom. The fourth-order valence-corrected chi connectivity index (χ4v) is 4.06. The third kappa shape index (κ3) is 2.48. The first kappa shape index (κ1) is 14.3. The zero-order chi connectivity index (χ0) is 14.1. The number of carbonyl (C=O) groups is 1. The summed E-state index contributed by atoms with van der Waals surface area (Å²) in [5.74, 6) is 1.39. The van der Waals surface area contributed by atoms with Crippen molar-refractivity contribution in [1.82, 2.24) is 10.2 Å². The molecular formula is C16H28N2O2. The van der Waals surface area contributed by atoms with Crippen LogP contribution in [0.3, 0.4) is 0 Å². The van der Waals surface area contributed by atoms with Crippen molar-refractivity contribution in [2.24, 2.45) is 11.8 Å². The smallest absolute Gasteiger partial charge is 0.241 e. The molecule has 2 aliphatic heterocycles. The van der Waals surface area contributed by atoms with Crippen LogP contribution >= 0.6 is 0 Å². The molecule has 4 atom stereocenters. The van der Waals surface area contributed by atoms with Gasteiger partial charge in [-0.2, -0.15) is 0 Å². The van der Waals surface area contributed by atoms with Crippen molar-refractivity contribution >= 4 is 5.91 Å². The summed E-state index contributed by atoms with van der Waals surface area (Å²) in [5.41, 5.74) is 0. The molecule has 1 aliphatic carbocycles. The molecule has 4 heteroatoms. The van der Waals surface area contributed by atoms with Gasteiger partial charge in [0.05, 0.1) is 24.9 Å². The third-order valence-electron chi connectivity index (χ3n) is 5.53. The molecule has 4 nitrogen and oxygen atoms in total. The lowest BCUT2D eigenvalue weighted by atomic mass is 9.99. The average molecular weight is 280 g/mol. The van der Waals surface area contributed by atoms with E-state index in [0.717, 1.165) is 26.1 Å². The molecule has 0 aromatic carbocycles. The molecule has 3 aliphatic rings. The van der Waals surface area contributed by atoms with Crippen LogP contribution in [-0.2, 0) is 9.53 Å². The van der Waals surface area contributed by atoms with Crippen LogP contribution in [-0.4, -0.2) is 42.3 Å². The summed E-state index contributed by atoms with van der Waals surface area (Å²) >= 11 is 0. The van der Waals surface area contributed by atoms with Gasteiger partial charge in [0.1, 0.15) is 0 Å². The lowest BCUT2D eigenvalue weighted by molar-refractivity contribution is -0.133. The van der Waals surface area contributed by atoms with Crippen molar-refractivity contribution in [3.05, 3.63) is 0 Å². The van der Waals surface area contributed by atoms with Crippen LogP contribution in [0, 0.1) is 11.8 Å². The van der Waals surface area contributed by atoms with Crippen molar-refractivity contribution in [3.8, 4) is 0 Å². The Bertz CT molecular complexity index is 348. The molecule has 3 fully saturated rings. The van der Waals surface area contributed by atoms with E-state index in [0.29, 0.717) is 23.8 Å². The summed E-state index contributed by atoms with van der Waals surface area (Å²) in [4.78, 5) is 15.0. The SMILES string of the molecule is CCC(C)C1NC(C2CCCC2)N(C2CCOC2)C1=O. The predicted octanol–water partition coefficient (Wildman–Crippen LogP) is 2.14. The number of ether oxygens (including phenoxy) is 1. The predicted molar refractivity (Wildman–Crippen MR) is 78.2 cm³/mol. The maximum atomic E-state index is 12.9. The third-order valence-corrected chi connectivity index (χ3v) is 5.53. The van der Waals surface area contributed by atoms with Crippen LogP contribution in [0.15, 0.2) is 0 Å². The van der Waals surface area contributed by atoms with Crippen molar-refractivity contribution in [2.75, 3.05) is 13.2 Å². The fraction of sp³-hybridized carbons (Fsp3) is 0.938. The number of nitrogens with one attached hydrogen (secondary N) is 1. The monoisotopic (exact) mass is 280 g/mol. The molecule has 2 heterocycles. The van der Waals surface area contributed by atoms with E-state index in [4.69, 9.17) is 4.74 Å². The maximum absolute atomic E-state index is 12.9. The molecule has 0 aromatic heterocycles. The molecule has 1 saturated carbocycles. The summed E-state index contributed by atoms with van der Waals surface area (Å²) in [7, 11) is 0. The van der Waals surface area contributed by atoms with Crippen LogP contribution in [0.25, 0.3) is 0 Å². The van der Waals surface area contributed by atoms with E-state index in [1.54, 1.807) is 0 Å². The van der Waals surface area contributed by atoms with Gasteiger partial charge in [0.25, 0.3) is 0 Å². The molecule has 0 spiro atoms. The lowest BCUT2D eigenvalue weighted by Gasteiger charge is -2.33. The van der Waals surface area contributed by atoms with Gasteiger partial charge in [-0.1, -0.05) is 33.1 Å². The highest BCUT2D eigenvalue weighted by atomic mass is 16.5. The minimum Gasteiger partial charge on any atom is -0.379 e. The molecule has 3 rings (SSSR count). The van der Waals surface area contributed by atoms with Crippen LogP contribution < -0.4 is 5.32 Å². The Morgan fingerprint density at radius 3 is 2.70 bits per heavy atom. The second-order valence-electron chi connectivity index (χ2n) is 6.78. The van der Waals surface area contributed by atoms with Crippen LogP contribution in [0.1, 0.15) is 52.4 Å². The largest absolute Gasteiger partial charge is 0.379 e. The molecule has 0 bridgehead atoms. The van der Waals surface area contributed by atoms with Gasteiger partial charge in [-0.15, -0.1) is 0 Å². The zero-order valence-electron chi connectivity index (χ0n) is 12.8. The minimum absolute atomic E-state index is 0.0196. The van der Waals surface area contributed by atoms with Crippen LogP contribution in [0.2, 0.25) is 0 Å². The molecular weight excluding hydrogens is 252 g/mol. The van der Waals surface area contributed by atoms with E-state index in [1.165, 1.54) is 25.7 Å². The normalized spacial score (nSPS) is 37.0. The summed E-state index contributed by atoms with van der Waals surface area (Å²) in [5, 5.41) is 3.68. The highest BCUT2D eigenvalue weighted by molar-refractivity contribution is 5.85. The second kappa shape index (κ2) is 6.02. The number of carbonyl (C=O) groups excluding carboxylic acids is 1. The number of hydrogen-bond donors (Lipinski definition) is 1. The lowest BCUT2D eigenvalue weighted by Crippen LogP contribution is -2.48. The summed E-state index contributed by atoms with van der Waals surface area (Å²) in [6, 6.07) is 0.320. The van der Waals surface area contributed by atoms with E-state index in [2.05, 4.69) is 24.1 Å². The van der Waals surface area contributed by atoms with Crippen LogP contribution in [0.4, 0.5) is 0 Å². The van der Waals surface area contributed by atoms with Gasteiger partial charge in [-0.25, -0.2) is 0 Å². The fourth-order valence-electron chi connectivity index (χ4n) is 4.06. The Balaban J connectivity index is 1.79. The summed E-state index contributed by atoms with van der Waals surface area (Å²) < 4.78 is 5.53. The molecule has 1 amide bonds. The first-order chi connectivity index (χ1) is 9.72. The summed E-state index contributed by atoms with van der Waals surface area (Å²) in [6.45, 7) is 5.89. The van der Waals surface area contributed by atoms with E-state index in [9.17, 15) is 4.79 Å². The summed E-state index contributed by atoms with van der Waals surface area (Å²) in [6.07, 6.45) is 7.49. The molecule has 4 unspecified atom stereocenters. The van der Waals surface area contributed by atoms with E-state index in [1.807, 2.05) is 0 Å². The average Bonchev–Trinajstić information content (AvgIpc) is 3.17. The molecule has 2 saturated heterocycles. The molecule has 20 heavy (non-hydrogen) atoms. The number of nitrogens with zero attached hydrogens (tertiary/aromatic N) is 1. The van der Waals surface area contributed by atoms with Gasteiger partial charge in [0, 0.05) is 6.61 Å². The Kier molecular flexibility index (Phi) is 4.32. The topological polar surface area (TPSA) is 41.6 Å². The number of rotatable bonds is 4. The standard InChI is InChI=1S/C16H28N2O2/c1-3-11(2)14-16(19)18(13-8-9-20-10-13)15(17-14)12-6-4-5-7-12/h11-15,17H,3-10H2,1-2H3. The molecule has 0 aromatic rings. The second-order valence-corrected chi connectivity index (χ2v) is 6.78. The molecule has 1 N–H and O–H groups in total. The van der Waals surface area contributed by atoms with E-state index >= 15 is 0 Å². The molecule has 114 valence electrons. The van der Waals surface area contributed by atoms with E-state index < -0.39 is 0 Å². The van der Waals surface area contributed by atoms with Gasteiger partial charge in [-0.3, -0.25) is 10.1 Å². The van der Waals surface area contributed by atoms with Gasteiger partial charge in [0.2, 0.25) is 5.91 Å². The van der Waals surface area contributed by atoms with Crippen LogP contribution in [0.5, 0.6) is 0 Å².